The van der Waals surface area contributed by atoms with Crippen LogP contribution in [0.2, 0.25) is 0 Å². The van der Waals surface area contributed by atoms with Crippen LogP contribution in [0.4, 0.5) is 4.79 Å². The minimum absolute atomic E-state index is 0.0154. The van der Waals surface area contributed by atoms with Gasteiger partial charge >= 0.3 is 6.03 Å². The monoisotopic (exact) mass is 323 g/mol. The highest BCUT2D eigenvalue weighted by Crippen LogP contribution is 2.31. The summed E-state index contributed by atoms with van der Waals surface area (Å²) in [4.78, 5) is 31.5. The van der Waals surface area contributed by atoms with Crippen molar-refractivity contribution in [2.75, 3.05) is 53.4 Å². The summed E-state index contributed by atoms with van der Waals surface area (Å²) in [5.41, 5.74) is -0.642. The molecule has 3 amide bonds. The van der Waals surface area contributed by atoms with Crippen molar-refractivity contribution in [3.63, 3.8) is 0 Å². The summed E-state index contributed by atoms with van der Waals surface area (Å²) in [6.45, 7) is 5.55. The van der Waals surface area contributed by atoms with Crippen LogP contribution in [0.15, 0.2) is 0 Å². The van der Waals surface area contributed by atoms with Crippen molar-refractivity contribution in [1.82, 2.24) is 25.3 Å². The van der Waals surface area contributed by atoms with E-state index in [1.165, 1.54) is 4.90 Å². The van der Waals surface area contributed by atoms with Gasteiger partial charge < -0.3 is 20.4 Å². The number of nitrogens with zero attached hydrogens (tertiary/aromatic N) is 3. The van der Waals surface area contributed by atoms with Gasteiger partial charge in [-0.15, -0.1) is 0 Å². The second kappa shape index (κ2) is 6.75. The van der Waals surface area contributed by atoms with Crippen LogP contribution < -0.4 is 10.6 Å². The van der Waals surface area contributed by atoms with E-state index in [0.29, 0.717) is 0 Å². The highest BCUT2D eigenvalue weighted by Gasteiger charge is 2.53. The lowest BCUT2D eigenvalue weighted by Gasteiger charge is -2.38. The molecule has 7 nitrogen and oxygen atoms in total. The number of likely N-dealkylation sites (N-methyl/N-ethyl adjacent to an activating group) is 1. The zero-order valence-corrected chi connectivity index (χ0v) is 14.3. The molecule has 0 unspecified atom stereocenters. The third-order valence-corrected chi connectivity index (χ3v) is 5.44. The normalized spacial score (nSPS) is 26.3. The first-order valence-corrected chi connectivity index (χ1v) is 8.75. The minimum Gasteiger partial charge on any atom is -0.323 e. The van der Waals surface area contributed by atoms with Gasteiger partial charge in [0.25, 0.3) is 5.91 Å². The van der Waals surface area contributed by atoms with E-state index in [9.17, 15) is 9.59 Å². The van der Waals surface area contributed by atoms with E-state index < -0.39 is 5.54 Å². The molecular weight excluding hydrogens is 294 g/mol. The number of hydrogen-bond acceptors (Lipinski definition) is 5. The Morgan fingerprint density at radius 3 is 2.43 bits per heavy atom. The van der Waals surface area contributed by atoms with E-state index in [4.69, 9.17) is 0 Å². The van der Waals surface area contributed by atoms with Crippen LogP contribution in [-0.4, -0.2) is 91.6 Å². The highest BCUT2D eigenvalue weighted by atomic mass is 16.2. The first kappa shape index (κ1) is 16.7. The number of piperidine rings is 2. The average Bonchev–Trinajstić information content (AvgIpc) is 2.78. The molecule has 3 saturated heterocycles. The smallest absolute Gasteiger partial charge is 0.323 e. The van der Waals surface area contributed by atoms with Gasteiger partial charge in [-0.2, -0.15) is 0 Å². The van der Waals surface area contributed by atoms with E-state index in [1.807, 2.05) is 0 Å². The molecular formula is C16H29N5O2. The number of rotatable bonds is 4. The standard InChI is InChI=1S/C16H29N5O2/c1-19(2)11-12-20-9-5-16(6-10-20)14(22)21(15(23)18-16)13-3-7-17-8-4-13/h13,17H,3-12H2,1-2H3,(H,18,23). The predicted octanol–water partition coefficient (Wildman–Crippen LogP) is -0.314. The van der Waals surface area contributed by atoms with Crippen LogP contribution in [0, 0.1) is 0 Å². The SMILES string of the molecule is CN(C)CCN1CCC2(CC1)NC(=O)N(C1CCNCC1)C2=O. The van der Waals surface area contributed by atoms with Crippen molar-refractivity contribution in [1.29, 1.82) is 0 Å². The summed E-state index contributed by atoms with van der Waals surface area (Å²) in [6, 6.07) is -0.112. The van der Waals surface area contributed by atoms with Gasteiger partial charge in [-0.25, -0.2) is 4.79 Å². The van der Waals surface area contributed by atoms with Gasteiger partial charge in [-0.1, -0.05) is 0 Å². The molecule has 2 N–H and O–H groups in total. The van der Waals surface area contributed by atoms with Gasteiger partial charge in [0.15, 0.2) is 0 Å². The summed E-state index contributed by atoms with van der Waals surface area (Å²) in [5, 5.41) is 6.32. The third-order valence-electron chi connectivity index (χ3n) is 5.44. The van der Waals surface area contributed by atoms with Gasteiger partial charge in [-0.05, 0) is 52.9 Å². The topological polar surface area (TPSA) is 67.9 Å². The number of hydrogen-bond donors (Lipinski definition) is 2. The molecule has 0 radical (unpaired) electrons. The number of amides is 3. The summed E-state index contributed by atoms with van der Waals surface area (Å²) in [7, 11) is 4.14. The third kappa shape index (κ3) is 3.36. The number of likely N-dealkylation sites (tertiary alicyclic amines) is 1. The second-order valence-corrected chi connectivity index (χ2v) is 7.31. The van der Waals surface area contributed by atoms with E-state index in [2.05, 4.69) is 34.5 Å². The molecule has 0 bridgehead atoms. The Labute approximate surface area is 138 Å². The van der Waals surface area contributed by atoms with Crippen molar-refractivity contribution < 1.29 is 9.59 Å². The van der Waals surface area contributed by atoms with E-state index in [0.717, 1.165) is 65.0 Å². The van der Waals surface area contributed by atoms with E-state index >= 15 is 0 Å². The van der Waals surface area contributed by atoms with Crippen LogP contribution in [0.1, 0.15) is 25.7 Å². The quantitative estimate of drug-likeness (QED) is 0.695. The summed E-state index contributed by atoms with van der Waals surface area (Å²) < 4.78 is 0. The number of nitrogens with one attached hydrogen (secondary N) is 2. The molecule has 3 aliphatic heterocycles. The Bertz CT molecular complexity index is 453. The van der Waals surface area contributed by atoms with Crippen molar-refractivity contribution >= 4 is 11.9 Å². The highest BCUT2D eigenvalue weighted by molar-refractivity contribution is 6.07. The lowest BCUT2D eigenvalue weighted by Crippen LogP contribution is -2.56. The largest absolute Gasteiger partial charge is 0.325 e. The fourth-order valence-corrected chi connectivity index (χ4v) is 3.88. The Kier molecular flexibility index (Phi) is 4.89. The Morgan fingerprint density at radius 1 is 1.17 bits per heavy atom. The Hall–Kier alpha value is -1.18. The van der Waals surface area contributed by atoms with Gasteiger partial charge in [0.1, 0.15) is 5.54 Å². The zero-order chi connectivity index (χ0) is 16.4. The molecule has 0 aliphatic carbocycles. The second-order valence-electron chi connectivity index (χ2n) is 7.31. The molecule has 3 rings (SSSR count). The summed E-state index contributed by atoms with van der Waals surface area (Å²) in [6.07, 6.45) is 3.19. The van der Waals surface area contributed by atoms with Crippen LogP contribution in [0.5, 0.6) is 0 Å². The Morgan fingerprint density at radius 2 is 1.83 bits per heavy atom. The van der Waals surface area contributed by atoms with E-state index in [1.54, 1.807) is 0 Å². The molecule has 0 atom stereocenters. The van der Waals surface area contributed by atoms with Gasteiger partial charge in [-0.3, -0.25) is 9.69 Å². The maximum absolute atomic E-state index is 13.0. The predicted molar refractivity (Wildman–Crippen MR) is 88.2 cm³/mol. The van der Waals surface area contributed by atoms with Crippen LogP contribution in [0.25, 0.3) is 0 Å². The average molecular weight is 323 g/mol. The number of urea groups is 1. The van der Waals surface area contributed by atoms with Gasteiger partial charge in [0.05, 0.1) is 0 Å². The minimum atomic E-state index is -0.642. The zero-order valence-electron chi connectivity index (χ0n) is 14.3. The number of carbonyl (C=O) groups is 2. The maximum atomic E-state index is 13.0. The van der Waals surface area contributed by atoms with Crippen molar-refractivity contribution in [3.05, 3.63) is 0 Å². The lowest BCUT2D eigenvalue weighted by atomic mass is 9.87. The maximum Gasteiger partial charge on any atom is 0.325 e. The molecule has 0 saturated carbocycles. The molecule has 0 aromatic carbocycles. The van der Waals surface area contributed by atoms with Crippen LogP contribution >= 0.6 is 0 Å². The first-order chi connectivity index (χ1) is 11.0. The lowest BCUT2D eigenvalue weighted by molar-refractivity contribution is -0.134. The molecule has 3 fully saturated rings. The fourth-order valence-electron chi connectivity index (χ4n) is 3.88. The first-order valence-electron chi connectivity index (χ1n) is 8.75. The van der Waals surface area contributed by atoms with Crippen LogP contribution in [-0.2, 0) is 4.79 Å². The number of carbonyl (C=O) groups excluding carboxylic acids is 2. The fraction of sp³-hybridized carbons (Fsp3) is 0.875. The molecule has 3 aliphatic rings. The molecule has 1 spiro atoms. The molecule has 3 heterocycles. The van der Waals surface area contributed by atoms with Crippen molar-refractivity contribution in [3.8, 4) is 0 Å². The van der Waals surface area contributed by atoms with Crippen molar-refractivity contribution in [2.24, 2.45) is 0 Å². The van der Waals surface area contributed by atoms with E-state index in [-0.39, 0.29) is 18.0 Å². The van der Waals surface area contributed by atoms with Gasteiger partial charge in [0, 0.05) is 32.2 Å². The molecule has 7 heteroatoms. The number of imide groups is 1. The van der Waals surface area contributed by atoms with Crippen molar-refractivity contribution in [2.45, 2.75) is 37.3 Å². The molecule has 23 heavy (non-hydrogen) atoms. The summed E-state index contributed by atoms with van der Waals surface area (Å²) >= 11 is 0. The van der Waals surface area contributed by atoms with Crippen LogP contribution in [0.3, 0.4) is 0 Å². The summed E-state index contributed by atoms with van der Waals surface area (Å²) in [5.74, 6) is 0.0154. The molecule has 130 valence electrons. The van der Waals surface area contributed by atoms with Gasteiger partial charge in [0.2, 0.25) is 0 Å². The molecule has 0 aromatic rings. The Balaban J connectivity index is 1.61. The molecule has 0 aromatic heterocycles.